The number of benzene rings is 2. The Hall–Kier alpha value is -3.07. The maximum atomic E-state index is 12.9. The molecule has 0 unspecified atom stereocenters. The first-order valence-corrected chi connectivity index (χ1v) is 8.54. The first-order valence-electron chi connectivity index (χ1n) is 8.54. The molecule has 0 bridgehead atoms. The van der Waals surface area contributed by atoms with Crippen molar-refractivity contribution in [3.05, 3.63) is 65.2 Å². The first-order chi connectivity index (χ1) is 13.8. The molecule has 2 aromatic carbocycles. The van der Waals surface area contributed by atoms with Gasteiger partial charge in [-0.15, -0.1) is 0 Å². The molecule has 0 aliphatic heterocycles. The molecule has 9 heteroatoms. The van der Waals surface area contributed by atoms with Gasteiger partial charge in [-0.05, 0) is 30.7 Å². The Morgan fingerprint density at radius 1 is 1.10 bits per heavy atom. The maximum Gasteiger partial charge on any atom is 0.416 e. The van der Waals surface area contributed by atoms with Gasteiger partial charge in [0, 0.05) is 12.7 Å². The third-order valence-corrected chi connectivity index (χ3v) is 3.96. The van der Waals surface area contributed by atoms with E-state index in [1.807, 2.05) is 0 Å². The highest BCUT2D eigenvalue weighted by Gasteiger charge is 2.30. The van der Waals surface area contributed by atoms with Crippen LogP contribution in [0.2, 0.25) is 0 Å². The van der Waals surface area contributed by atoms with Gasteiger partial charge in [-0.1, -0.05) is 35.5 Å². The van der Waals surface area contributed by atoms with Crippen molar-refractivity contribution in [2.45, 2.75) is 19.7 Å². The van der Waals surface area contributed by atoms with Gasteiger partial charge in [-0.2, -0.15) is 13.2 Å². The van der Waals surface area contributed by atoms with Gasteiger partial charge in [0.25, 0.3) is 0 Å². The number of nitrogens with zero attached hydrogens (tertiary/aromatic N) is 2. The Balaban J connectivity index is 2.17. The number of carbonyl (C=O) groups is 1. The molecule has 0 fully saturated rings. The summed E-state index contributed by atoms with van der Waals surface area (Å²) in [6, 6.07) is 11.7. The minimum absolute atomic E-state index is 0.0102. The summed E-state index contributed by atoms with van der Waals surface area (Å²) in [5.74, 6) is 0. The highest BCUT2D eigenvalue weighted by Crippen LogP contribution is 2.29. The molecule has 0 saturated carbocycles. The van der Waals surface area contributed by atoms with Crippen LogP contribution in [0.15, 0.2) is 53.7 Å². The lowest BCUT2D eigenvalue weighted by molar-refractivity contribution is -0.137. The van der Waals surface area contributed by atoms with Crippen LogP contribution >= 0.6 is 0 Å². The van der Waals surface area contributed by atoms with Gasteiger partial charge in [0.05, 0.1) is 24.1 Å². The quantitative estimate of drug-likeness (QED) is 0.373. The topological polar surface area (TPSA) is 60.4 Å². The number of para-hydroxylation sites is 1. The van der Waals surface area contributed by atoms with Crippen LogP contribution in [0.25, 0.3) is 0 Å². The van der Waals surface area contributed by atoms with E-state index >= 15 is 0 Å². The lowest BCUT2D eigenvalue weighted by Crippen LogP contribution is -2.33. The SMILES string of the molecule is COCN(C(=O)OC)c1ccccc1CON=C(C)c1cccc(C(F)(F)F)c1. The number of hydrogen-bond donors (Lipinski definition) is 0. The Morgan fingerprint density at radius 3 is 2.48 bits per heavy atom. The zero-order chi connectivity index (χ0) is 21.4. The minimum Gasteiger partial charge on any atom is -0.452 e. The van der Waals surface area contributed by atoms with Gasteiger partial charge < -0.3 is 14.3 Å². The maximum absolute atomic E-state index is 12.9. The zero-order valence-electron chi connectivity index (χ0n) is 16.2. The molecule has 0 saturated heterocycles. The van der Waals surface area contributed by atoms with Gasteiger partial charge in [-0.3, -0.25) is 4.90 Å². The predicted molar refractivity (Wildman–Crippen MR) is 102 cm³/mol. The number of alkyl halides is 3. The van der Waals surface area contributed by atoms with E-state index < -0.39 is 17.8 Å². The van der Waals surface area contributed by atoms with Crippen molar-refractivity contribution in [2.75, 3.05) is 25.9 Å². The first kappa shape index (κ1) is 22.2. The smallest absolute Gasteiger partial charge is 0.416 e. The summed E-state index contributed by atoms with van der Waals surface area (Å²) in [6.07, 6.45) is -5.04. The van der Waals surface area contributed by atoms with Crippen molar-refractivity contribution in [2.24, 2.45) is 5.16 Å². The summed E-state index contributed by atoms with van der Waals surface area (Å²) < 4.78 is 48.4. The molecule has 29 heavy (non-hydrogen) atoms. The Morgan fingerprint density at radius 2 is 1.83 bits per heavy atom. The lowest BCUT2D eigenvalue weighted by atomic mass is 10.1. The Bertz CT molecular complexity index is 869. The lowest BCUT2D eigenvalue weighted by Gasteiger charge is -2.22. The van der Waals surface area contributed by atoms with Crippen LogP contribution in [0.5, 0.6) is 0 Å². The number of methoxy groups -OCH3 is 2. The molecular weight excluding hydrogens is 389 g/mol. The van der Waals surface area contributed by atoms with E-state index in [1.54, 1.807) is 31.2 Å². The second-order valence-corrected chi connectivity index (χ2v) is 5.97. The number of halogens is 3. The largest absolute Gasteiger partial charge is 0.452 e. The van der Waals surface area contributed by atoms with Crippen molar-refractivity contribution in [3.8, 4) is 0 Å². The molecule has 1 amide bonds. The van der Waals surface area contributed by atoms with Gasteiger partial charge in [-0.25, -0.2) is 4.79 Å². The average Bonchev–Trinajstić information content (AvgIpc) is 2.71. The fraction of sp³-hybridized carbons (Fsp3) is 0.300. The van der Waals surface area contributed by atoms with Crippen molar-refractivity contribution < 1.29 is 32.3 Å². The number of amides is 1. The van der Waals surface area contributed by atoms with Gasteiger partial charge in [0.1, 0.15) is 13.3 Å². The molecule has 156 valence electrons. The van der Waals surface area contributed by atoms with E-state index in [0.717, 1.165) is 12.1 Å². The van der Waals surface area contributed by atoms with Crippen LogP contribution in [0.3, 0.4) is 0 Å². The molecule has 0 aromatic heterocycles. The van der Waals surface area contributed by atoms with Gasteiger partial charge in [0.2, 0.25) is 0 Å². The molecule has 2 aromatic rings. The normalized spacial score (nSPS) is 11.9. The standard InChI is InChI=1S/C20H21F3N2O4/c1-14(15-8-6-9-17(11-15)20(21,22)23)24-29-12-16-7-4-5-10-18(16)25(13-27-2)19(26)28-3/h4-11H,12-13H2,1-3H3. The van der Waals surface area contributed by atoms with Crippen LogP contribution < -0.4 is 4.90 Å². The highest BCUT2D eigenvalue weighted by atomic mass is 19.4. The van der Waals surface area contributed by atoms with E-state index in [0.29, 0.717) is 16.8 Å². The molecule has 0 atom stereocenters. The van der Waals surface area contributed by atoms with Crippen LogP contribution in [0, 0.1) is 0 Å². The molecule has 2 rings (SSSR count). The molecular formula is C20H21F3N2O4. The van der Waals surface area contributed by atoms with Crippen molar-refractivity contribution >= 4 is 17.5 Å². The second kappa shape index (κ2) is 9.92. The fourth-order valence-corrected chi connectivity index (χ4v) is 2.53. The molecule has 0 radical (unpaired) electrons. The summed E-state index contributed by atoms with van der Waals surface area (Å²) >= 11 is 0. The van der Waals surface area contributed by atoms with E-state index in [9.17, 15) is 18.0 Å². The minimum atomic E-state index is -4.44. The number of rotatable bonds is 7. The summed E-state index contributed by atoms with van der Waals surface area (Å²) in [5.41, 5.74) is 0.950. The van der Waals surface area contributed by atoms with E-state index in [2.05, 4.69) is 5.16 Å². The molecule has 0 spiro atoms. The third-order valence-electron chi connectivity index (χ3n) is 3.96. The van der Waals surface area contributed by atoms with Gasteiger partial charge >= 0.3 is 12.3 Å². The summed E-state index contributed by atoms with van der Waals surface area (Å²) in [5, 5.41) is 3.91. The number of carbonyl (C=O) groups excluding carboxylic acids is 1. The number of oxime groups is 1. The van der Waals surface area contributed by atoms with Crippen LogP contribution in [0.4, 0.5) is 23.7 Å². The van der Waals surface area contributed by atoms with Gasteiger partial charge in [0.15, 0.2) is 0 Å². The molecule has 0 aliphatic carbocycles. The highest BCUT2D eigenvalue weighted by molar-refractivity contribution is 5.98. The zero-order valence-corrected chi connectivity index (χ0v) is 16.2. The second-order valence-electron chi connectivity index (χ2n) is 5.97. The number of hydrogen-bond acceptors (Lipinski definition) is 5. The van der Waals surface area contributed by atoms with Crippen molar-refractivity contribution in [1.82, 2.24) is 0 Å². The molecule has 0 aliphatic rings. The Labute approximate surface area is 166 Å². The van der Waals surface area contributed by atoms with Crippen molar-refractivity contribution in [1.29, 1.82) is 0 Å². The number of ether oxygens (including phenoxy) is 2. The van der Waals surface area contributed by atoms with Crippen LogP contribution in [-0.4, -0.2) is 32.8 Å². The van der Waals surface area contributed by atoms with Crippen molar-refractivity contribution in [3.63, 3.8) is 0 Å². The Kier molecular flexibility index (Phi) is 7.60. The predicted octanol–water partition coefficient (Wildman–Crippen LogP) is 4.82. The van der Waals surface area contributed by atoms with Crippen LogP contribution in [-0.2, 0) is 27.1 Å². The molecule has 6 nitrogen and oxygen atoms in total. The summed E-state index contributed by atoms with van der Waals surface area (Å²) in [6.45, 7) is 1.51. The van der Waals surface area contributed by atoms with E-state index in [4.69, 9.17) is 14.3 Å². The monoisotopic (exact) mass is 410 g/mol. The number of anilines is 1. The molecule has 0 N–H and O–H groups in total. The fourth-order valence-electron chi connectivity index (χ4n) is 2.53. The summed E-state index contributed by atoms with van der Waals surface area (Å²) in [4.78, 5) is 18.6. The van der Waals surface area contributed by atoms with E-state index in [1.165, 1.54) is 31.3 Å². The summed E-state index contributed by atoms with van der Waals surface area (Å²) in [7, 11) is 2.70. The van der Waals surface area contributed by atoms with E-state index in [-0.39, 0.29) is 19.0 Å². The van der Waals surface area contributed by atoms with Crippen LogP contribution in [0.1, 0.15) is 23.6 Å². The molecule has 0 heterocycles. The average molecular weight is 410 g/mol. The third kappa shape index (κ3) is 5.95.